The third kappa shape index (κ3) is 4.82. The van der Waals surface area contributed by atoms with Crippen LogP contribution < -0.4 is 9.80 Å². The molecule has 0 aliphatic heterocycles. The van der Waals surface area contributed by atoms with Crippen LogP contribution in [0.2, 0.25) is 0 Å². The molecule has 60 heavy (non-hydrogen) atoms. The predicted octanol–water partition coefficient (Wildman–Crippen LogP) is 15.3. The molecule has 3 aliphatic rings. The molecule has 1 unspecified atom stereocenters. The minimum absolute atomic E-state index is 0.102. The van der Waals surface area contributed by atoms with Crippen molar-refractivity contribution in [3.63, 3.8) is 0 Å². The van der Waals surface area contributed by atoms with Gasteiger partial charge < -0.3 is 9.80 Å². The fourth-order valence-corrected chi connectivity index (χ4v) is 10.6. The van der Waals surface area contributed by atoms with E-state index in [0.717, 1.165) is 61.6 Å². The zero-order valence-electron chi connectivity index (χ0n) is 38.3. The molecule has 1 atom stereocenters. The molecule has 12 rings (SSSR count). The van der Waals surface area contributed by atoms with Crippen molar-refractivity contribution in [1.29, 1.82) is 0 Å². The summed E-state index contributed by atoms with van der Waals surface area (Å²) in [5, 5.41) is 0. The van der Waals surface area contributed by atoms with Gasteiger partial charge in [0.15, 0.2) is 0 Å². The molecular weight excluding hydrogens is 725 g/mol. The van der Waals surface area contributed by atoms with Gasteiger partial charge in [-0.25, -0.2) is 0 Å². The Morgan fingerprint density at radius 2 is 0.683 bits per heavy atom. The lowest BCUT2D eigenvalue weighted by Gasteiger charge is -2.33. The number of para-hydroxylation sites is 3. The van der Waals surface area contributed by atoms with Crippen LogP contribution >= 0.6 is 0 Å². The van der Waals surface area contributed by atoms with Crippen molar-refractivity contribution >= 4 is 34.1 Å². The lowest BCUT2D eigenvalue weighted by atomic mass is 9.70. The largest absolute Gasteiger partial charge is 0.310 e. The summed E-state index contributed by atoms with van der Waals surface area (Å²) < 4.78 is 45.1. The number of hydrogen-bond acceptors (Lipinski definition) is 2. The Hall–Kier alpha value is -7.42. The Bertz CT molecular complexity index is 3360. The van der Waals surface area contributed by atoms with Gasteiger partial charge in [-0.2, -0.15) is 0 Å². The third-order valence-corrected chi connectivity index (χ3v) is 13.1. The minimum Gasteiger partial charge on any atom is -0.310 e. The second kappa shape index (κ2) is 13.0. The molecule has 0 amide bonds. The van der Waals surface area contributed by atoms with E-state index in [1.54, 1.807) is 0 Å². The number of benzene rings is 9. The van der Waals surface area contributed by atoms with Crippen LogP contribution in [0.1, 0.15) is 54.1 Å². The van der Waals surface area contributed by atoms with Crippen molar-refractivity contribution in [2.75, 3.05) is 9.80 Å². The summed E-state index contributed by atoms with van der Waals surface area (Å²) in [6.07, 6.45) is 0. The molecule has 9 aromatic carbocycles. The Labute approximate surface area is 359 Å². The molecule has 9 aromatic rings. The van der Waals surface area contributed by atoms with Crippen LogP contribution in [0.4, 0.5) is 34.1 Å². The highest BCUT2D eigenvalue weighted by Gasteiger charge is 2.52. The van der Waals surface area contributed by atoms with Crippen molar-refractivity contribution in [3.8, 4) is 33.4 Å². The van der Waals surface area contributed by atoms with Gasteiger partial charge in [0.25, 0.3) is 0 Å². The zero-order valence-corrected chi connectivity index (χ0v) is 33.3. The van der Waals surface area contributed by atoms with E-state index in [-0.39, 0.29) is 35.3 Å². The maximum Gasteiger partial charge on any atom is 0.0727 e. The van der Waals surface area contributed by atoms with Crippen LogP contribution in [0.3, 0.4) is 0 Å². The van der Waals surface area contributed by atoms with Crippen molar-refractivity contribution < 1.29 is 6.85 Å². The fourth-order valence-electron chi connectivity index (χ4n) is 10.6. The summed E-state index contributed by atoms with van der Waals surface area (Å²) in [7, 11) is 0. The van der Waals surface area contributed by atoms with Crippen molar-refractivity contribution in [2.45, 2.75) is 24.7 Å². The molecule has 2 nitrogen and oxygen atoms in total. The number of hydrogen-bond donors (Lipinski definition) is 0. The molecule has 3 aliphatic carbocycles. The first-order chi connectivity index (χ1) is 31.6. The average Bonchev–Trinajstić information content (AvgIpc) is 3.90. The Morgan fingerprint density at radius 1 is 0.317 bits per heavy atom. The van der Waals surface area contributed by atoms with E-state index in [9.17, 15) is 2.74 Å². The predicted molar refractivity (Wildman–Crippen MR) is 250 cm³/mol. The van der Waals surface area contributed by atoms with E-state index in [1.165, 1.54) is 22.3 Å². The first-order valence-corrected chi connectivity index (χ1v) is 20.6. The minimum atomic E-state index is -0.754. The second-order valence-corrected chi connectivity index (χ2v) is 16.5. The maximum absolute atomic E-state index is 9.40. The summed E-state index contributed by atoms with van der Waals surface area (Å²) in [6, 6.07) is 64.7. The lowest BCUT2D eigenvalue weighted by molar-refractivity contribution is 0.660. The standard InChI is InChI=1S/C58H42N2/c1-57(2)51-27-15-12-24-45(51)48-33-30-42(36-54(48)57)60(41-22-10-5-11-23-41)44-32-35-50-47-26-14-17-29-53(47)58(56(50)38-44)52-28-16-13-25-46(52)49-34-31-43(37-55(49)58)59(39-18-6-3-7-19-39)40-20-8-4-9-21-40/h3-38H,1-2H3/i5D,10D,11D,22D,23D. The van der Waals surface area contributed by atoms with Gasteiger partial charge in [-0.05, 0) is 140 Å². The molecule has 284 valence electrons. The van der Waals surface area contributed by atoms with Crippen LogP contribution in [0, 0.1) is 0 Å². The van der Waals surface area contributed by atoms with Crippen LogP contribution in [-0.4, -0.2) is 0 Å². The summed E-state index contributed by atoms with van der Waals surface area (Å²) >= 11 is 0. The van der Waals surface area contributed by atoms with Gasteiger partial charge in [-0.3, -0.25) is 0 Å². The maximum atomic E-state index is 9.40. The summed E-state index contributed by atoms with van der Waals surface area (Å²) in [5.41, 5.74) is 17.3. The van der Waals surface area contributed by atoms with Gasteiger partial charge in [0.05, 0.1) is 12.3 Å². The van der Waals surface area contributed by atoms with Crippen molar-refractivity contribution in [1.82, 2.24) is 0 Å². The molecule has 0 radical (unpaired) electrons. The Kier molecular flexibility index (Phi) is 6.47. The van der Waals surface area contributed by atoms with Crippen LogP contribution in [-0.2, 0) is 10.8 Å². The summed E-state index contributed by atoms with van der Waals surface area (Å²) in [5.74, 6) is 0. The topological polar surface area (TPSA) is 6.48 Å². The molecular formula is C58H42N2. The quantitative estimate of drug-likeness (QED) is 0.166. The van der Waals surface area contributed by atoms with E-state index in [1.807, 2.05) is 29.2 Å². The van der Waals surface area contributed by atoms with Gasteiger partial charge in [0.2, 0.25) is 0 Å². The van der Waals surface area contributed by atoms with Crippen LogP contribution in [0.25, 0.3) is 33.4 Å². The fraction of sp³-hybridized carbons (Fsp3) is 0.0690. The van der Waals surface area contributed by atoms with Crippen molar-refractivity contribution in [2.24, 2.45) is 0 Å². The average molecular weight is 772 g/mol. The lowest BCUT2D eigenvalue weighted by Crippen LogP contribution is -2.26. The second-order valence-electron chi connectivity index (χ2n) is 16.5. The molecule has 0 bridgehead atoms. The Morgan fingerprint density at radius 3 is 1.18 bits per heavy atom. The third-order valence-electron chi connectivity index (χ3n) is 13.1. The zero-order chi connectivity index (χ0) is 44.4. The smallest absolute Gasteiger partial charge is 0.0727 e. The van der Waals surface area contributed by atoms with E-state index < -0.39 is 11.5 Å². The highest BCUT2D eigenvalue weighted by atomic mass is 15.1. The molecule has 0 saturated carbocycles. The van der Waals surface area contributed by atoms with Crippen molar-refractivity contribution in [3.05, 3.63) is 252 Å². The summed E-state index contributed by atoms with van der Waals surface area (Å²) in [4.78, 5) is 4.20. The van der Waals surface area contributed by atoms with Crippen LogP contribution in [0.5, 0.6) is 0 Å². The Balaban J connectivity index is 1.14. The van der Waals surface area contributed by atoms with Gasteiger partial charge >= 0.3 is 0 Å². The first-order valence-electron chi connectivity index (χ1n) is 23.1. The monoisotopic (exact) mass is 771 g/mol. The highest BCUT2D eigenvalue weighted by molar-refractivity contribution is 5.98. The van der Waals surface area contributed by atoms with E-state index in [2.05, 4.69) is 183 Å². The number of fused-ring (bicyclic) bond motifs is 13. The van der Waals surface area contributed by atoms with Gasteiger partial charge in [0.1, 0.15) is 0 Å². The molecule has 0 fully saturated rings. The molecule has 0 heterocycles. The SMILES string of the molecule is [2H]c1c([2H])c([2H])c(N(c2ccc3c(c2)C(C)(C)c2ccccc2-3)c2ccc3c(c2)C2(c4ccccc4-c4ccc(N(c5ccccc5)c5ccccc5)cc42)c2ccccc2-3)c([2H])c1[2H]. The molecule has 1 spiro atoms. The normalized spacial score (nSPS) is 16.9. The first kappa shape index (κ1) is 29.7. The molecule has 0 aromatic heterocycles. The number of anilines is 6. The molecule has 0 N–H and O–H groups in total. The van der Waals surface area contributed by atoms with Gasteiger partial charge in [-0.15, -0.1) is 0 Å². The van der Waals surface area contributed by atoms with E-state index in [4.69, 9.17) is 4.11 Å². The van der Waals surface area contributed by atoms with E-state index in [0.29, 0.717) is 11.4 Å². The highest BCUT2D eigenvalue weighted by Crippen LogP contribution is 2.64. The van der Waals surface area contributed by atoms with E-state index >= 15 is 0 Å². The van der Waals surface area contributed by atoms with Gasteiger partial charge in [-0.1, -0.05) is 159 Å². The van der Waals surface area contributed by atoms with Gasteiger partial charge in [0, 0.05) is 39.5 Å². The summed E-state index contributed by atoms with van der Waals surface area (Å²) in [6.45, 7) is 4.46. The van der Waals surface area contributed by atoms with Crippen LogP contribution in [0.15, 0.2) is 218 Å². The number of rotatable bonds is 6. The molecule has 2 heteroatoms. The number of nitrogens with zero attached hydrogens (tertiary/aromatic N) is 2. The molecule has 0 saturated heterocycles.